The summed E-state index contributed by atoms with van der Waals surface area (Å²) in [7, 11) is 2.89. The summed E-state index contributed by atoms with van der Waals surface area (Å²) in [6.07, 6.45) is 2.50. The predicted octanol–water partition coefficient (Wildman–Crippen LogP) is 1.92. The van der Waals surface area contributed by atoms with Gasteiger partial charge in [0.1, 0.15) is 16.7 Å². The van der Waals surface area contributed by atoms with Gasteiger partial charge in [-0.3, -0.25) is 4.79 Å². The summed E-state index contributed by atoms with van der Waals surface area (Å²) in [5.74, 6) is 0.0645. The maximum atomic E-state index is 12.5. The summed E-state index contributed by atoms with van der Waals surface area (Å²) in [5, 5.41) is 1.81. The van der Waals surface area contributed by atoms with E-state index in [0.29, 0.717) is 23.6 Å². The topological polar surface area (TPSA) is 55.8 Å². The van der Waals surface area contributed by atoms with Gasteiger partial charge < -0.3 is 14.4 Å². The number of nitrogens with zero attached hydrogens (tertiary/aromatic N) is 1. The number of likely N-dealkylation sites (tertiary alicyclic amines) is 1. The molecule has 1 aliphatic rings. The van der Waals surface area contributed by atoms with Crippen molar-refractivity contribution in [2.75, 3.05) is 20.8 Å². The van der Waals surface area contributed by atoms with E-state index in [2.05, 4.69) is 0 Å². The van der Waals surface area contributed by atoms with Crippen molar-refractivity contribution in [3.63, 3.8) is 0 Å². The van der Waals surface area contributed by atoms with Crippen LogP contribution in [0.5, 0.6) is 5.75 Å². The monoisotopic (exact) mass is 283 g/mol. The van der Waals surface area contributed by atoms with E-state index in [1.54, 1.807) is 11.0 Å². The average molecular weight is 283 g/mol. The van der Waals surface area contributed by atoms with E-state index in [-0.39, 0.29) is 11.9 Å². The summed E-state index contributed by atoms with van der Waals surface area (Å²) >= 11 is 1.33. The van der Waals surface area contributed by atoms with E-state index in [9.17, 15) is 9.59 Å². The van der Waals surface area contributed by atoms with Gasteiger partial charge in [-0.05, 0) is 30.7 Å². The molecule has 0 unspecified atom stereocenters. The van der Waals surface area contributed by atoms with E-state index in [1.807, 2.05) is 5.38 Å². The number of ether oxygens (including phenoxy) is 2. The Morgan fingerprint density at radius 3 is 2.84 bits per heavy atom. The summed E-state index contributed by atoms with van der Waals surface area (Å²) in [6.45, 7) is 0.583. The van der Waals surface area contributed by atoms with Crippen molar-refractivity contribution in [3.8, 4) is 5.75 Å². The summed E-state index contributed by atoms with van der Waals surface area (Å²) in [5.41, 5.74) is 0. The molecule has 0 spiro atoms. The molecule has 1 aliphatic heterocycles. The van der Waals surface area contributed by atoms with Crippen LogP contribution in [0.25, 0.3) is 0 Å². The highest BCUT2D eigenvalue weighted by molar-refractivity contribution is 7.12. The third-order valence-electron chi connectivity index (χ3n) is 3.28. The Labute approximate surface area is 116 Å². The molecular weight excluding hydrogens is 266 g/mol. The molecule has 1 amide bonds. The van der Waals surface area contributed by atoms with Crippen LogP contribution < -0.4 is 4.74 Å². The number of thiophene rings is 1. The number of carbonyl (C=O) groups excluding carboxylic acids is 2. The molecule has 0 aromatic carbocycles. The Morgan fingerprint density at radius 2 is 2.16 bits per heavy atom. The van der Waals surface area contributed by atoms with E-state index >= 15 is 0 Å². The smallest absolute Gasteiger partial charge is 0.328 e. The first-order valence-corrected chi connectivity index (χ1v) is 7.07. The zero-order valence-electron chi connectivity index (χ0n) is 11.0. The second-order valence-corrected chi connectivity index (χ2v) is 5.27. The van der Waals surface area contributed by atoms with E-state index in [4.69, 9.17) is 9.47 Å². The maximum Gasteiger partial charge on any atom is 0.328 e. The summed E-state index contributed by atoms with van der Waals surface area (Å²) < 4.78 is 9.95. The third kappa shape index (κ3) is 2.73. The minimum atomic E-state index is -0.474. The van der Waals surface area contributed by atoms with Crippen LogP contribution in [0.1, 0.15) is 28.9 Å². The standard InChI is InChI=1S/C13H17NO4S/c1-17-10-6-8-19-11(10)12(15)14-7-4-3-5-9(14)13(16)18-2/h6,8-9H,3-5,7H2,1-2H3/t9-/m1/s1. The molecule has 0 bridgehead atoms. The van der Waals surface area contributed by atoms with Gasteiger partial charge in [-0.15, -0.1) is 11.3 Å². The molecule has 2 rings (SSSR count). The first kappa shape index (κ1) is 13.9. The van der Waals surface area contributed by atoms with E-state index in [1.165, 1.54) is 25.6 Å². The van der Waals surface area contributed by atoms with Crippen LogP contribution >= 0.6 is 11.3 Å². The molecule has 0 radical (unpaired) electrons. The van der Waals surface area contributed by atoms with Gasteiger partial charge in [0.15, 0.2) is 0 Å². The highest BCUT2D eigenvalue weighted by atomic mass is 32.1. The Hall–Kier alpha value is -1.56. The molecule has 19 heavy (non-hydrogen) atoms. The zero-order chi connectivity index (χ0) is 13.8. The summed E-state index contributed by atoms with van der Waals surface area (Å²) in [4.78, 5) is 26.4. The number of rotatable bonds is 3. The first-order valence-electron chi connectivity index (χ1n) is 6.19. The lowest BCUT2D eigenvalue weighted by Crippen LogP contribution is -2.48. The van der Waals surface area contributed by atoms with Gasteiger partial charge in [0.25, 0.3) is 5.91 Å². The second-order valence-electron chi connectivity index (χ2n) is 4.35. The van der Waals surface area contributed by atoms with Crippen LogP contribution in [0.15, 0.2) is 11.4 Å². The van der Waals surface area contributed by atoms with Crippen LogP contribution in [0, 0.1) is 0 Å². The van der Waals surface area contributed by atoms with Gasteiger partial charge in [-0.25, -0.2) is 4.79 Å². The molecule has 0 aliphatic carbocycles. The van der Waals surface area contributed by atoms with Crippen molar-refractivity contribution in [2.24, 2.45) is 0 Å². The molecular formula is C13H17NO4S. The molecule has 1 fully saturated rings. The lowest BCUT2D eigenvalue weighted by atomic mass is 10.0. The fraction of sp³-hybridized carbons (Fsp3) is 0.538. The molecule has 0 N–H and O–H groups in total. The summed E-state index contributed by atoms with van der Waals surface area (Å²) in [6, 6.07) is 1.28. The quantitative estimate of drug-likeness (QED) is 0.795. The van der Waals surface area contributed by atoms with Gasteiger partial charge in [0, 0.05) is 6.54 Å². The maximum absolute atomic E-state index is 12.5. The molecule has 1 saturated heterocycles. The van der Waals surface area contributed by atoms with Gasteiger partial charge in [-0.2, -0.15) is 0 Å². The zero-order valence-corrected chi connectivity index (χ0v) is 11.9. The highest BCUT2D eigenvalue weighted by Crippen LogP contribution is 2.29. The molecule has 1 aromatic heterocycles. The van der Waals surface area contributed by atoms with Crippen molar-refractivity contribution in [3.05, 3.63) is 16.3 Å². The normalized spacial score (nSPS) is 19.1. The minimum Gasteiger partial charge on any atom is -0.495 e. The van der Waals surface area contributed by atoms with Gasteiger partial charge in [0.2, 0.25) is 0 Å². The molecule has 6 heteroatoms. The number of esters is 1. The van der Waals surface area contributed by atoms with Crippen molar-refractivity contribution in [1.82, 2.24) is 4.90 Å². The Bertz CT molecular complexity index is 471. The fourth-order valence-corrected chi connectivity index (χ4v) is 3.11. The van der Waals surface area contributed by atoms with E-state index < -0.39 is 6.04 Å². The minimum absolute atomic E-state index is 0.151. The Kier molecular flexibility index (Phi) is 4.42. The number of hydrogen-bond acceptors (Lipinski definition) is 5. The molecule has 0 saturated carbocycles. The molecule has 1 atom stereocenters. The molecule has 2 heterocycles. The van der Waals surface area contributed by atoms with Gasteiger partial charge in [0.05, 0.1) is 14.2 Å². The molecule has 1 aromatic rings. The molecule has 5 nitrogen and oxygen atoms in total. The first-order chi connectivity index (χ1) is 9.19. The lowest BCUT2D eigenvalue weighted by Gasteiger charge is -2.33. The molecule has 104 valence electrons. The van der Waals surface area contributed by atoms with Crippen LogP contribution in [0.4, 0.5) is 0 Å². The van der Waals surface area contributed by atoms with Crippen LogP contribution in [-0.4, -0.2) is 43.6 Å². The average Bonchev–Trinajstić information content (AvgIpc) is 2.94. The van der Waals surface area contributed by atoms with Crippen LogP contribution in [0.2, 0.25) is 0 Å². The number of piperidine rings is 1. The Morgan fingerprint density at radius 1 is 1.37 bits per heavy atom. The largest absolute Gasteiger partial charge is 0.495 e. The van der Waals surface area contributed by atoms with Gasteiger partial charge in [-0.1, -0.05) is 0 Å². The number of hydrogen-bond donors (Lipinski definition) is 0. The number of carbonyl (C=O) groups is 2. The van der Waals surface area contributed by atoms with Crippen LogP contribution in [0.3, 0.4) is 0 Å². The van der Waals surface area contributed by atoms with Crippen molar-refractivity contribution in [2.45, 2.75) is 25.3 Å². The predicted molar refractivity (Wildman–Crippen MR) is 71.6 cm³/mol. The van der Waals surface area contributed by atoms with E-state index in [0.717, 1.165) is 12.8 Å². The SMILES string of the molecule is COC(=O)[C@H]1CCCCN1C(=O)c1sccc1OC. The van der Waals surface area contributed by atoms with Crippen molar-refractivity contribution < 1.29 is 19.1 Å². The lowest BCUT2D eigenvalue weighted by molar-refractivity contribution is -0.147. The number of amides is 1. The highest BCUT2D eigenvalue weighted by Gasteiger charge is 2.34. The third-order valence-corrected chi connectivity index (χ3v) is 4.16. The van der Waals surface area contributed by atoms with Crippen LogP contribution in [-0.2, 0) is 9.53 Å². The second kappa shape index (κ2) is 6.06. The van der Waals surface area contributed by atoms with Gasteiger partial charge >= 0.3 is 5.97 Å². The number of methoxy groups -OCH3 is 2. The fourth-order valence-electron chi connectivity index (χ4n) is 2.30. The van der Waals surface area contributed by atoms with Crippen molar-refractivity contribution >= 4 is 23.2 Å². The van der Waals surface area contributed by atoms with Crippen molar-refractivity contribution in [1.29, 1.82) is 0 Å². The Balaban J connectivity index is 2.22.